The number of carbonyl (C=O) groups excluding carboxylic acids is 1. The van der Waals surface area contributed by atoms with Crippen molar-refractivity contribution in [2.24, 2.45) is 0 Å². The van der Waals surface area contributed by atoms with Crippen LogP contribution in [-0.2, 0) is 9.53 Å². The molecule has 3 N–H and O–H groups in total. The third-order valence-electron chi connectivity index (χ3n) is 5.49. The van der Waals surface area contributed by atoms with Crippen molar-refractivity contribution in [2.45, 2.75) is 31.3 Å². The number of pyridine rings is 1. The summed E-state index contributed by atoms with van der Waals surface area (Å²) in [4.78, 5) is 20.7. The maximum atomic E-state index is 11.4. The van der Waals surface area contributed by atoms with E-state index in [1.807, 2.05) is 42.6 Å². The van der Waals surface area contributed by atoms with E-state index in [1.165, 1.54) is 0 Å². The molecule has 2 aliphatic heterocycles. The Morgan fingerprint density at radius 2 is 2.10 bits per heavy atom. The van der Waals surface area contributed by atoms with Gasteiger partial charge in [0.15, 0.2) is 0 Å². The van der Waals surface area contributed by atoms with Crippen molar-refractivity contribution in [3.05, 3.63) is 42.6 Å². The van der Waals surface area contributed by atoms with E-state index < -0.39 is 0 Å². The summed E-state index contributed by atoms with van der Waals surface area (Å²) in [5.41, 5.74) is 2.86. The third-order valence-corrected chi connectivity index (χ3v) is 5.49. The molecule has 0 unspecified atom stereocenters. The van der Waals surface area contributed by atoms with Gasteiger partial charge in [-0.3, -0.25) is 4.79 Å². The molecule has 2 aromatic heterocycles. The number of hydrogen-bond acceptors (Lipinski definition) is 6. The second-order valence-electron chi connectivity index (χ2n) is 7.56. The van der Waals surface area contributed by atoms with Crippen LogP contribution in [0.4, 0.5) is 17.5 Å². The van der Waals surface area contributed by atoms with E-state index in [0.717, 1.165) is 47.9 Å². The van der Waals surface area contributed by atoms with Gasteiger partial charge in [-0.2, -0.15) is 0 Å². The van der Waals surface area contributed by atoms with Gasteiger partial charge in [0.25, 0.3) is 0 Å². The van der Waals surface area contributed by atoms with Gasteiger partial charge in [-0.1, -0.05) is 18.2 Å². The lowest BCUT2D eigenvalue weighted by molar-refractivity contribution is -0.122. The number of imidazole rings is 1. The molecule has 2 aliphatic rings. The van der Waals surface area contributed by atoms with Crippen LogP contribution in [0.1, 0.15) is 25.3 Å². The molecule has 0 bridgehead atoms. The topological polar surface area (TPSA) is 93.1 Å². The Balaban J connectivity index is 1.48. The molecular formula is C21H24N6O2. The van der Waals surface area contributed by atoms with Gasteiger partial charge in [-0.05, 0) is 25.0 Å². The summed E-state index contributed by atoms with van der Waals surface area (Å²) in [5, 5.41) is 9.80. The smallest absolute Gasteiger partial charge is 0.220 e. The van der Waals surface area contributed by atoms with Crippen LogP contribution >= 0.6 is 0 Å². The molecule has 0 aliphatic carbocycles. The largest absolute Gasteiger partial charge is 0.379 e. The van der Waals surface area contributed by atoms with Crippen LogP contribution < -0.4 is 16.0 Å². The number of aromatic nitrogens is 3. The van der Waals surface area contributed by atoms with Crippen LogP contribution in [0, 0.1) is 0 Å². The van der Waals surface area contributed by atoms with Gasteiger partial charge in [0.2, 0.25) is 11.9 Å². The lowest BCUT2D eigenvalue weighted by atomic mass is 10.1. The van der Waals surface area contributed by atoms with Crippen LogP contribution in [-0.4, -0.2) is 46.2 Å². The Kier molecular flexibility index (Phi) is 4.77. The zero-order valence-corrected chi connectivity index (χ0v) is 16.1. The van der Waals surface area contributed by atoms with Gasteiger partial charge in [0.1, 0.15) is 11.3 Å². The van der Waals surface area contributed by atoms with Gasteiger partial charge in [-0.15, -0.1) is 0 Å². The highest BCUT2D eigenvalue weighted by atomic mass is 16.5. The van der Waals surface area contributed by atoms with Gasteiger partial charge < -0.3 is 25.3 Å². The number of nitrogens with zero attached hydrogens (tertiary/aromatic N) is 3. The summed E-state index contributed by atoms with van der Waals surface area (Å²) in [6.07, 6.45) is 4.11. The Morgan fingerprint density at radius 1 is 1.21 bits per heavy atom. The van der Waals surface area contributed by atoms with Crippen LogP contribution in [0.3, 0.4) is 0 Å². The van der Waals surface area contributed by atoms with E-state index in [0.29, 0.717) is 19.6 Å². The molecule has 2 fully saturated rings. The molecular weight excluding hydrogens is 368 g/mol. The molecule has 2 atom stereocenters. The number of ether oxygens (including phenoxy) is 1. The predicted molar refractivity (Wildman–Crippen MR) is 111 cm³/mol. The SMILES string of the molecule is O=C1CC[C@H](Nc2cc3c(cn2)nc(Nc2ccccc2)n3[C@H]2CCOC2)CN1. The molecule has 0 spiro atoms. The number of amides is 1. The zero-order chi connectivity index (χ0) is 19.6. The standard InChI is InChI=1S/C21H24N6O2/c28-20-7-6-15(11-23-20)24-19-10-18-17(12-22-19)26-21(25-14-4-2-1-3-5-14)27(18)16-8-9-29-13-16/h1-5,10,12,15-16H,6-9,11,13H2,(H,22,24)(H,23,28)(H,25,26)/t15-,16-/m0/s1. The fraction of sp³-hybridized carbons (Fsp3) is 0.381. The monoisotopic (exact) mass is 392 g/mol. The normalized spacial score (nSPS) is 21.9. The Hall–Kier alpha value is -3.13. The molecule has 1 aromatic carbocycles. The fourth-order valence-electron chi connectivity index (χ4n) is 3.98. The summed E-state index contributed by atoms with van der Waals surface area (Å²) >= 11 is 0. The van der Waals surface area contributed by atoms with E-state index in [1.54, 1.807) is 0 Å². The number of benzene rings is 1. The minimum atomic E-state index is 0.113. The first-order chi connectivity index (χ1) is 14.3. The highest BCUT2D eigenvalue weighted by molar-refractivity contribution is 5.82. The highest BCUT2D eigenvalue weighted by Gasteiger charge is 2.24. The number of piperidine rings is 1. The third kappa shape index (κ3) is 3.75. The molecule has 29 heavy (non-hydrogen) atoms. The predicted octanol–water partition coefficient (Wildman–Crippen LogP) is 2.83. The second kappa shape index (κ2) is 7.71. The average Bonchev–Trinajstić information content (AvgIpc) is 3.38. The summed E-state index contributed by atoms with van der Waals surface area (Å²) in [5.74, 6) is 1.71. The van der Waals surface area contributed by atoms with Gasteiger partial charge in [0, 0.05) is 37.4 Å². The lowest BCUT2D eigenvalue weighted by Crippen LogP contribution is -2.42. The summed E-state index contributed by atoms with van der Waals surface area (Å²) in [6, 6.07) is 12.5. The first-order valence-electron chi connectivity index (χ1n) is 10.1. The van der Waals surface area contributed by atoms with Crippen LogP contribution in [0.5, 0.6) is 0 Å². The number of para-hydroxylation sites is 1. The molecule has 1 amide bonds. The number of fused-ring (bicyclic) bond motifs is 1. The van der Waals surface area contributed by atoms with E-state index in [2.05, 4.69) is 25.5 Å². The maximum Gasteiger partial charge on any atom is 0.220 e. The van der Waals surface area contributed by atoms with Crippen molar-refractivity contribution in [1.29, 1.82) is 0 Å². The molecule has 5 rings (SSSR count). The number of anilines is 3. The number of hydrogen-bond donors (Lipinski definition) is 3. The zero-order valence-electron chi connectivity index (χ0n) is 16.1. The lowest BCUT2D eigenvalue weighted by Gasteiger charge is -2.24. The van der Waals surface area contributed by atoms with Crippen molar-refractivity contribution in [1.82, 2.24) is 19.9 Å². The Labute approximate surface area is 168 Å². The van der Waals surface area contributed by atoms with Crippen LogP contribution in [0.2, 0.25) is 0 Å². The fourth-order valence-corrected chi connectivity index (χ4v) is 3.98. The minimum Gasteiger partial charge on any atom is -0.379 e. The number of nitrogens with one attached hydrogen (secondary N) is 3. The molecule has 8 heteroatoms. The van der Waals surface area contributed by atoms with E-state index >= 15 is 0 Å². The molecule has 2 saturated heterocycles. The maximum absolute atomic E-state index is 11.4. The van der Waals surface area contributed by atoms with Crippen molar-refractivity contribution >= 4 is 34.4 Å². The summed E-state index contributed by atoms with van der Waals surface area (Å²) in [7, 11) is 0. The van der Waals surface area contributed by atoms with E-state index in [4.69, 9.17) is 9.72 Å². The van der Waals surface area contributed by atoms with Crippen LogP contribution in [0.15, 0.2) is 42.6 Å². The van der Waals surface area contributed by atoms with Gasteiger partial charge >= 0.3 is 0 Å². The summed E-state index contributed by atoms with van der Waals surface area (Å²) in [6.45, 7) is 2.05. The molecule has 3 aromatic rings. The molecule has 150 valence electrons. The molecule has 8 nitrogen and oxygen atoms in total. The first-order valence-corrected chi connectivity index (χ1v) is 10.1. The van der Waals surface area contributed by atoms with Crippen molar-refractivity contribution < 1.29 is 9.53 Å². The van der Waals surface area contributed by atoms with Crippen LogP contribution in [0.25, 0.3) is 11.0 Å². The minimum absolute atomic E-state index is 0.113. The van der Waals surface area contributed by atoms with Crippen molar-refractivity contribution in [2.75, 3.05) is 30.4 Å². The van der Waals surface area contributed by atoms with Crippen molar-refractivity contribution in [3.63, 3.8) is 0 Å². The number of rotatable bonds is 5. The molecule has 0 radical (unpaired) electrons. The van der Waals surface area contributed by atoms with E-state index in [-0.39, 0.29) is 18.0 Å². The molecule has 4 heterocycles. The summed E-state index contributed by atoms with van der Waals surface area (Å²) < 4.78 is 7.88. The van der Waals surface area contributed by atoms with Crippen molar-refractivity contribution in [3.8, 4) is 0 Å². The van der Waals surface area contributed by atoms with Gasteiger partial charge in [-0.25, -0.2) is 9.97 Å². The van der Waals surface area contributed by atoms with Gasteiger partial charge in [0.05, 0.1) is 24.4 Å². The number of carbonyl (C=O) groups is 1. The Morgan fingerprint density at radius 3 is 2.86 bits per heavy atom. The molecule has 0 saturated carbocycles. The second-order valence-corrected chi connectivity index (χ2v) is 7.56. The Bertz CT molecular complexity index is 1000. The average molecular weight is 392 g/mol. The van der Waals surface area contributed by atoms with E-state index in [9.17, 15) is 4.79 Å². The first kappa shape index (κ1) is 17.9. The quantitative estimate of drug-likeness (QED) is 0.618. The highest BCUT2D eigenvalue weighted by Crippen LogP contribution is 2.31.